The first-order valence-corrected chi connectivity index (χ1v) is 7.78. The molecule has 2 atom stereocenters. The van der Waals surface area contributed by atoms with Gasteiger partial charge >= 0.3 is 11.9 Å². The SMILES string of the molecule is O=C(O)C(O)C(C(=O)O)c1ccc2c(=O)c(-c3ccc(O)cc3)coc2c1. The Bertz CT molecular complexity index is 1080. The fourth-order valence-corrected chi connectivity index (χ4v) is 2.78. The number of aliphatic hydroxyl groups excluding tert-OH is 1. The number of fused-ring (bicyclic) bond motifs is 1. The molecule has 0 radical (unpaired) electrons. The third kappa shape index (κ3) is 3.38. The van der Waals surface area contributed by atoms with E-state index in [2.05, 4.69) is 0 Å². The summed E-state index contributed by atoms with van der Waals surface area (Å²) >= 11 is 0. The van der Waals surface area contributed by atoms with E-state index in [1.165, 1.54) is 36.6 Å². The van der Waals surface area contributed by atoms with Crippen molar-refractivity contribution in [3.63, 3.8) is 0 Å². The Morgan fingerprint density at radius 2 is 1.63 bits per heavy atom. The molecule has 1 heterocycles. The van der Waals surface area contributed by atoms with Crippen molar-refractivity contribution in [1.82, 2.24) is 0 Å². The fourth-order valence-electron chi connectivity index (χ4n) is 2.78. The lowest BCUT2D eigenvalue weighted by Crippen LogP contribution is -2.32. The van der Waals surface area contributed by atoms with Crippen LogP contribution < -0.4 is 5.43 Å². The van der Waals surface area contributed by atoms with E-state index in [0.29, 0.717) is 5.56 Å². The van der Waals surface area contributed by atoms with Gasteiger partial charge < -0.3 is 24.8 Å². The lowest BCUT2D eigenvalue weighted by molar-refractivity contribution is -0.155. The summed E-state index contributed by atoms with van der Waals surface area (Å²) in [4.78, 5) is 35.0. The number of phenols is 1. The number of carbonyl (C=O) groups is 2. The van der Waals surface area contributed by atoms with E-state index in [9.17, 15) is 29.7 Å². The third-order valence-corrected chi connectivity index (χ3v) is 4.17. The van der Waals surface area contributed by atoms with Crippen LogP contribution in [0, 0.1) is 0 Å². The van der Waals surface area contributed by atoms with Crippen molar-refractivity contribution in [1.29, 1.82) is 0 Å². The highest BCUT2D eigenvalue weighted by molar-refractivity contribution is 5.88. The van der Waals surface area contributed by atoms with Gasteiger partial charge in [0, 0.05) is 0 Å². The molecule has 0 bridgehead atoms. The molecule has 2 aromatic carbocycles. The average molecular weight is 370 g/mol. The van der Waals surface area contributed by atoms with E-state index in [4.69, 9.17) is 9.52 Å². The summed E-state index contributed by atoms with van der Waals surface area (Å²) < 4.78 is 5.43. The topological polar surface area (TPSA) is 145 Å². The van der Waals surface area contributed by atoms with Gasteiger partial charge in [0.15, 0.2) is 11.5 Å². The zero-order valence-corrected chi connectivity index (χ0v) is 13.7. The van der Waals surface area contributed by atoms with Gasteiger partial charge in [0.25, 0.3) is 0 Å². The van der Waals surface area contributed by atoms with E-state index < -0.39 is 24.0 Å². The standard InChI is InChI=1S/C19H14O8/c20-11-4-1-9(2-5-11)13-8-27-14-7-10(3-6-12(14)16(13)21)15(18(23)24)17(22)19(25)26/h1-8,15,17,20,22H,(H,23,24)(H,25,26). The number of carboxylic acids is 2. The second-order valence-corrected chi connectivity index (χ2v) is 5.88. The zero-order valence-electron chi connectivity index (χ0n) is 13.7. The highest BCUT2D eigenvalue weighted by Crippen LogP contribution is 2.26. The molecule has 0 aliphatic heterocycles. The highest BCUT2D eigenvalue weighted by Gasteiger charge is 2.33. The first kappa shape index (κ1) is 18.2. The van der Waals surface area contributed by atoms with Crippen molar-refractivity contribution in [2.45, 2.75) is 12.0 Å². The van der Waals surface area contributed by atoms with E-state index in [1.807, 2.05) is 0 Å². The Labute approximate surface area is 151 Å². The van der Waals surface area contributed by atoms with Crippen LogP contribution in [0.1, 0.15) is 11.5 Å². The predicted molar refractivity (Wildman–Crippen MR) is 93.6 cm³/mol. The number of hydrogen-bond donors (Lipinski definition) is 4. The summed E-state index contributed by atoms with van der Waals surface area (Å²) in [6.07, 6.45) is -0.951. The molecule has 3 rings (SSSR count). The van der Waals surface area contributed by atoms with Gasteiger partial charge in [-0.25, -0.2) is 4.79 Å². The van der Waals surface area contributed by atoms with Crippen molar-refractivity contribution in [3.05, 3.63) is 64.5 Å². The van der Waals surface area contributed by atoms with Gasteiger partial charge in [0.1, 0.15) is 23.5 Å². The number of benzene rings is 2. The molecule has 138 valence electrons. The van der Waals surface area contributed by atoms with Crippen LogP contribution in [-0.4, -0.2) is 38.5 Å². The van der Waals surface area contributed by atoms with Crippen LogP contribution in [0.4, 0.5) is 0 Å². The molecular weight excluding hydrogens is 356 g/mol. The maximum Gasteiger partial charge on any atom is 0.333 e. The van der Waals surface area contributed by atoms with E-state index in [-0.39, 0.29) is 33.3 Å². The molecule has 2 unspecified atom stereocenters. The molecule has 8 nitrogen and oxygen atoms in total. The summed E-state index contributed by atoms with van der Waals surface area (Å²) in [7, 11) is 0. The molecule has 8 heteroatoms. The Morgan fingerprint density at radius 1 is 0.963 bits per heavy atom. The minimum Gasteiger partial charge on any atom is -0.508 e. The summed E-state index contributed by atoms with van der Waals surface area (Å²) in [5, 5.41) is 37.3. The minimum absolute atomic E-state index is 0.00886. The summed E-state index contributed by atoms with van der Waals surface area (Å²) in [6, 6.07) is 9.76. The predicted octanol–water partition coefficient (Wildman–Crippen LogP) is 1.78. The maximum absolute atomic E-state index is 12.7. The number of rotatable bonds is 5. The van der Waals surface area contributed by atoms with Crippen molar-refractivity contribution in [2.75, 3.05) is 0 Å². The summed E-state index contributed by atoms with van der Waals surface area (Å²) in [6.45, 7) is 0. The third-order valence-electron chi connectivity index (χ3n) is 4.17. The molecule has 0 spiro atoms. The van der Waals surface area contributed by atoms with Gasteiger partial charge in [-0.1, -0.05) is 18.2 Å². The molecule has 0 amide bonds. The van der Waals surface area contributed by atoms with Gasteiger partial charge in [-0.3, -0.25) is 9.59 Å². The monoisotopic (exact) mass is 370 g/mol. The number of aromatic hydroxyl groups is 1. The lowest BCUT2D eigenvalue weighted by atomic mass is 9.92. The van der Waals surface area contributed by atoms with Crippen LogP contribution in [0.2, 0.25) is 0 Å². The van der Waals surface area contributed by atoms with Gasteiger partial charge in [-0.2, -0.15) is 0 Å². The number of hydrogen-bond acceptors (Lipinski definition) is 6. The second-order valence-electron chi connectivity index (χ2n) is 5.88. The molecule has 0 aliphatic carbocycles. The number of carboxylic acid groups (broad SMARTS) is 2. The molecule has 0 fully saturated rings. The lowest BCUT2D eigenvalue weighted by Gasteiger charge is -2.16. The highest BCUT2D eigenvalue weighted by atomic mass is 16.4. The smallest absolute Gasteiger partial charge is 0.333 e. The zero-order chi connectivity index (χ0) is 19.7. The molecule has 4 N–H and O–H groups in total. The molecule has 27 heavy (non-hydrogen) atoms. The Balaban J connectivity index is 2.11. The molecule has 0 saturated carbocycles. The molecular formula is C19H14O8. The summed E-state index contributed by atoms with van der Waals surface area (Å²) in [5.74, 6) is -4.86. The number of phenolic OH excluding ortho intramolecular Hbond substituents is 1. The second kappa shape index (κ2) is 6.93. The first-order chi connectivity index (χ1) is 12.8. The molecule has 3 aromatic rings. The molecule has 0 aliphatic rings. The van der Waals surface area contributed by atoms with Crippen molar-refractivity contribution in [2.24, 2.45) is 0 Å². The van der Waals surface area contributed by atoms with Crippen molar-refractivity contribution in [3.8, 4) is 16.9 Å². The van der Waals surface area contributed by atoms with E-state index in [1.54, 1.807) is 12.1 Å². The Kier molecular flexibility index (Phi) is 4.66. The Hall–Kier alpha value is -3.65. The number of aliphatic hydroxyl groups is 1. The van der Waals surface area contributed by atoms with Crippen LogP contribution in [-0.2, 0) is 9.59 Å². The van der Waals surface area contributed by atoms with Crippen LogP contribution in [0.15, 0.2) is 57.9 Å². The van der Waals surface area contributed by atoms with E-state index >= 15 is 0 Å². The fraction of sp³-hybridized carbons (Fsp3) is 0.105. The largest absolute Gasteiger partial charge is 0.508 e. The van der Waals surface area contributed by atoms with Crippen LogP contribution >= 0.6 is 0 Å². The van der Waals surface area contributed by atoms with Gasteiger partial charge in [0.2, 0.25) is 0 Å². The maximum atomic E-state index is 12.7. The van der Waals surface area contributed by atoms with Crippen LogP contribution in [0.5, 0.6) is 5.75 Å². The van der Waals surface area contributed by atoms with Gasteiger partial charge in [-0.15, -0.1) is 0 Å². The molecule has 1 aromatic heterocycles. The van der Waals surface area contributed by atoms with E-state index in [0.717, 1.165) is 0 Å². The van der Waals surface area contributed by atoms with Crippen LogP contribution in [0.25, 0.3) is 22.1 Å². The average Bonchev–Trinajstić information content (AvgIpc) is 2.62. The van der Waals surface area contributed by atoms with Crippen LogP contribution in [0.3, 0.4) is 0 Å². The first-order valence-electron chi connectivity index (χ1n) is 7.78. The van der Waals surface area contributed by atoms with Gasteiger partial charge in [-0.05, 0) is 35.4 Å². The summed E-state index contributed by atoms with van der Waals surface area (Å²) in [5.41, 5.74) is 0.446. The Morgan fingerprint density at radius 3 is 2.22 bits per heavy atom. The number of aliphatic carboxylic acids is 2. The quantitative estimate of drug-likeness (QED) is 0.532. The minimum atomic E-state index is -2.15. The van der Waals surface area contributed by atoms with Gasteiger partial charge in [0.05, 0.1) is 10.9 Å². The van der Waals surface area contributed by atoms with Crippen molar-refractivity contribution < 1.29 is 34.4 Å². The normalized spacial score (nSPS) is 13.2. The van der Waals surface area contributed by atoms with Crippen molar-refractivity contribution >= 4 is 22.9 Å². The molecule has 0 saturated heterocycles.